The number of Topliss-reactive ketones (excluding diaryl/α,β-unsaturated/α-hetero) is 1. The number of benzene rings is 1. The van der Waals surface area contributed by atoms with Gasteiger partial charge < -0.3 is 5.32 Å². The summed E-state index contributed by atoms with van der Waals surface area (Å²) in [5.74, 6) is -0.289. The van der Waals surface area contributed by atoms with Crippen LogP contribution in [-0.2, 0) is 6.42 Å². The Hall–Kier alpha value is -2.49. The Morgan fingerprint density at radius 3 is 2.36 bits per heavy atom. The molecule has 4 nitrogen and oxygen atoms in total. The maximum absolute atomic E-state index is 12.3. The number of carbonyl (C=O) groups is 2. The van der Waals surface area contributed by atoms with Gasteiger partial charge in [0.15, 0.2) is 5.78 Å². The molecule has 0 aliphatic rings. The normalized spacial score (nSPS) is 11.0. The molecule has 0 bridgehead atoms. The number of aromatic nitrogens is 1. The van der Waals surface area contributed by atoms with Crippen LogP contribution in [-0.4, -0.2) is 22.2 Å². The van der Waals surface area contributed by atoms with Crippen molar-refractivity contribution < 1.29 is 9.59 Å². The zero-order valence-electron chi connectivity index (χ0n) is 13.1. The van der Waals surface area contributed by atoms with Crippen molar-refractivity contribution in [3.63, 3.8) is 0 Å². The second-order valence-electron chi connectivity index (χ2n) is 6.18. The number of hydrogen-bond donors (Lipinski definition) is 1. The predicted octanol–water partition coefficient (Wildman–Crippen LogP) is 3.04. The number of nitrogens with zero attached hydrogens (tertiary/aromatic N) is 1. The second-order valence-corrected chi connectivity index (χ2v) is 6.18. The summed E-state index contributed by atoms with van der Waals surface area (Å²) in [6.45, 7) is 5.72. The fourth-order valence-corrected chi connectivity index (χ4v) is 2.08. The number of rotatable bonds is 4. The van der Waals surface area contributed by atoms with Crippen molar-refractivity contribution in [2.24, 2.45) is 0 Å². The molecule has 1 aromatic heterocycles. The van der Waals surface area contributed by atoms with Crippen LogP contribution in [0.5, 0.6) is 0 Å². The van der Waals surface area contributed by atoms with Crippen LogP contribution in [0.25, 0.3) is 0 Å². The third kappa shape index (κ3) is 4.25. The summed E-state index contributed by atoms with van der Waals surface area (Å²) in [5, 5.41) is 2.88. The molecule has 2 aromatic rings. The molecule has 1 N–H and O–H groups in total. The highest BCUT2D eigenvalue weighted by Gasteiger charge is 2.20. The van der Waals surface area contributed by atoms with E-state index >= 15 is 0 Å². The van der Waals surface area contributed by atoms with Gasteiger partial charge in [-0.1, -0.05) is 36.4 Å². The SMILES string of the molecule is CC(C)(C)NC(=O)c1ncccc1CC(=O)c1ccccc1. The Kier molecular flexibility index (Phi) is 4.71. The van der Waals surface area contributed by atoms with Crippen LogP contribution in [0.3, 0.4) is 0 Å². The van der Waals surface area contributed by atoms with E-state index in [2.05, 4.69) is 10.3 Å². The molecule has 0 saturated carbocycles. The first kappa shape index (κ1) is 15.9. The maximum atomic E-state index is 12.3. The van der Waals surface area contributed by atoms with Crippen molar-refractivity contribution in [1.82, 2.24) is 10.3 Å². The van der Waals surface area contributed by atoms with Crippen molar-refractivity contribution in [3.05, 3.63) is 65.5 Å². The highest BCUT2D eigenvalue weighted by Crippen LogP contribution is 2.12. The molecule has 0 radical (unpaired) electrons. The summed E-state index contributed by atoms with van der Waals surface area (Å²) in [6, 6.07) is 12.6. The number of amides is 1. The second kappa shape index (κ2) is 6.52. The zero-order chi connectivity index (χ0) is 16.2. The first-order chi connectivity index (χ1) is 10.4. The average molecular weight is 296 g/mol. The molecular weight excluding hydrogens is 276 g/mol. The molecule has 22 heavy (non-hydrogen) atoms. The summed E-state index contributed by atoms with van der Waals surface area (Å²) in [6.07, 6.45) is 1.72. The van der Waals surface area contributed by atoms with Gasteiger partial charge in [-0.3, -0.25) is 14.6 Å². The minimum Gasteiger partial charge on any atom is -0.346 e. The van der Waals surface area contributed by atoms with Gasteiger partial charge in [-0.2, -0.15) is 0 Å². The Bertz CT molecular complexity index is 673. The van der Waals surface area contributed by atoms with Gasteiger partial charge in [0.05, 0.1) is 0 Å². The van der Waals surface area contributed by atoms with E-state index in [1.807, 2.05) is 39.0 Å². The molecule has 114 valence electrons. The Labute approximate surface area is 130 Å². The standard InChI is InChI=1S/C18H20N2O2/c1-18(2,3)20-17(22)16-14(10-7-11-19-16)12-15(21)13-8-5-4-6-9-13/h4-11H,12H2,1-3H3,(H,20,22). The number of pyridine rings is 1. The van der Waals surface area contributed by atoms with Gasteiger partial charge in [0.25, 0.3) is 5.91 Å². The lowest BCUT2D eigenvalue weighted by molar-refractivity contribution is 0.0913. The molecule has 0 aliphatic heterocycles. The van der Waals surface area contributed by atoms with E-state index in [9.17, 15) is 9.59 Å². The van der Waals surface area contributed by atoms with Gasteiger partial charge >= 0.3 is 0 Å². The van der Waals surface area contributed by atoms with Gasteiger partial charge in [-0.25, -0.2) is 0 Å². The van der Waals surface area contributed by atoms with Crippen LogP contribution < -0.4 is 5.32 Å². The molecule has 0 aliphatic carbocycles. The number of ketones is 1. The molecule has 0 spiro atoms. The topological polar surface area (TPSA) is 59.1 Å². The molecule has 0 fully saturated rings. The van der Waals surface area contributed by atoms with Gasteiger partial charge in [-0.15, -0.1) is 0 Å². The summed E-state index contributed by atoms with van der Waals surface area (Å²) in [5.41, 5.74) is 1.23. The Balaban J connectivity index is 2.22. The summed E-state index contributed by atoms with van der Waals surface area (Å²) >= 11 is 0. The first-order valence-electron chi connectivity index (χ1n) is 7.21. The average Bonchev–Trinajstić information content (AvgIpc) is 2.47. The van der Waals surface area contributed by atoms with E-state index < -0.39 is 0 Å². The Morgan fingerprint density at radius 2 is 1.73 bits per heavy atom. The molecule has 0 unspecified atom stereocenters. The summed E-state index contributed by atoms with van der Waals surface area (Å²) in [4.78, 5) is 28.8. The largest absolute Gasteiger partial charge is 0.346 e. The fraction of sp³-hybridized carbons (Fsp3) is 0.278. The van der Waals surface area contributed by atoms with E-state index in [-0.39, 0.29) is 23.7 Å². The molecule has 1 amide bonds. The zero-order valence-corrected chi connectivity index (χ0v) is 13.1. The number of nitrogens with one attached hydrogen (secondary N) is 1. The van der Waals surface area contributed by atoms with Crippen molar-refractivity contribution in [3.8, 4) is 0 Å². The third-order valence-electron chi connectivity index (χ3n) is 3.04. The van der Waals surface area contributed by atoms with Crippen LogP contribution in [0, 0.1) is 0 Å². The molecule has 1 heterocycles. The molecule has 1 aromatic carbocycles. The van der Waals surface area contributed by atoms with Crippen molar-refractivity contribution in [1.29, 1.82) is 0 Å². The lowest BCUT2D eigenvalue weighted by Crippen LogP contribution is -2.41. The minimum absolute atomic E-state index is 0.0293. The first-order valence-corrected chi connectivity index (χ1v) is 7.21. The smallest absolute Gasteiger partial charge is 0.270 e. The van der Waals surface area contributed by atoms with Crippen molar-refractivity contribution in [2.45, 2.75) is 32.7 Å². The third-order valence-corrected chi connectivity index (χ3v) is 3.04. The predicted molar refractivity (Wildman–Crippen MR) is 85.9 cm³/mol. The molecule has 0 atom stereocenters. The van der Waals surface area contributed by atoms with Crippen LogP contribution in [0.1, 0.15) is 47.2 Å². The quantitative estimate of drug-likeness (QED) is 0.882. The molecule has 2 rings (SSSR count). The van der Waals surface area contributed by atoms with Crippen LogP contribution in [0.4, 0.5) is 0 Å². The monoisotopic (exact) mass is 296 g/mol. The lowest BCUT2D eigenvalue weighted by atomic mass is 10.0. The van der Waals surface area contributed by atoms with E-state index in [0.717, 1.165) is 0 Å². The van der Waals surface area contributed by atoms with Crippen LogP contribution >= 0.6 is 0 Å². The molecular formula is C18H20N2O2. The molecule has 4 heteroatoms. The minimum atomic E-state index is -0.352. The van der Waals surface area contributed by atoms with E-state index in [1.54, 1.807) is 30.5 Å². The number of carbonyl (C=O) groups excluding carboxylic acids is 2. The lowest BCUT2D eigenvalue weighted by Gasteiger charge is -2.20. The van der Waals surface area contributed by atoms with Crippen molar-refractivity contribution >= 4 is 11.7 Å². The number of hydrogen-bond acceptors (Lipinski definition) is 3. The van der Waals surface area contributed by atoms with E-state index in [4.69, 9.17) is 0 Å². The highest BCUT2D eigenvalue weighted by atomic mass is 16.2. The fourth-order valence-electron chi connectivity index (χ4n) is 2.08. The summed E-state index contributed by atoms with van der Waals surface area (Å²) in [7, 11) is 0. The highest BCUT2D eigenvalue weighted by molar-refractivity contribution is 6.00. The van der Waals surface area contributed by atoms with Crippen LogP contribution in [0.2, 0.25) is 0 Å². The van der Waals surface area contributed by atoms with Gasteiger partial charge in [-0.05, 0) is 32.4 Å². The van der Waals surface area contributed by atoms with E-state index in [0.29, 0.717) is 16.8 Å². The Morgan fingerprint density at radius 1 is 1.05 bits per heavy atom. The maximum Gasteiger partial charge on any atom is 0.270 e. The molecule has 0 saturated heterocycles. The van der Waals surface area contributed by atoms with Gasteiger partial charge in [0, 0.05) is 23.7 Å². The van der Waals surface area contributed by atoms with Gasteiger partial charge in [0.1, 0.15) is 5.69 Å². The van der Waals surface area contributed by atoms with E-state index in [1.165, 1.54) is 0 Å². The van der Waals surface area contributed by atoms with Crippen molar-refractivity contribution in [2.75, 3.05) is 0 Å². The van der Waals surface area contributed by atoms with Gasteiger partial charge in [0.2, 0.25) is 0 Å². The van der Waals surface area contributed by atoms with Crippen LogP contribution in [0.15, 0.2) is 48.7 Å². The summed E-state index contributed by atoms with van der Waals surface area (Å²) < 4.78 is 0.